The average molecular weight is 548 g/mol. The minimum atomic E-state index is -5.06. The van der Waals surface area contributed by atoms with E-state index in [4.69, 9.17) is 18.9 Å². The number of alkyl halides is 6. The molecule has 0 spiro atoms. The van der Waals surface area contributed by atoms with Gasteiger partial charge in [-0.2, -0.15) is 26.3 Å². The van der Waals surface area contributed by atoms with Gasteiger partial charge in [0.2, 0.25) is 5.88 Å². The van der Waals surface area contributed by atoms with E-state index in [1.807, 2.05) is 0 Å². The fourth-order valence-electron chi connectivity index (χ4n) is 4.73. The van der Waals surface area contributed by atoms with Crippen molar-refractivity contribution in [3.05, 3.63) is 69.5 Å². The lowest BCUT2D eigenvalue weighted by Gasteiger charge is -2.40. The van der Waals surface area contributed by atoms with Crippen molar-refractivity contribution in [2.45, 2.75) is 31.4 Å². The van der Waals surface area contributed by atoms with Crippen molar-refractivity contribution in [1.82, 2.24) is 10.2 Å². The number of amides is 1. The van der Waals surface area contributed by atoms with Crippen molar-refractivity contribution < 1.29 is 54.9 Å². The van der Waals surface area contributed by atoms with Gasteiger partial charge in [0, 0.05) is 18.0 Å². The normalized spacial score (nSPS) is 21.2. The number of carbonyl (C=O) groups is 2. The molecule has 0 aromatic heterocycles. The number of rotatable bonds is 5. The number of ether oxygens (including phenoxy) is 4. The molecule has 2 aliphatic heterocycles. The Morgan fingerprint density at radius 1 is 1.05 bits per heavy atom. The van der Waals surface area contributed by atoms with E-state index in [9.17, 15) is 35.9 Å². The standard InChI is InChI=1S/C24H22F6N2O6/c1-35-17-8-15-16(6-12-10-38-21(33)18(12)19(15)31-20(17)36-2)32(22(34)37-3)9-11-4-13(23(25,26)27)7-14(5-11)24(28,29)30/h4-5,7-8,12,16,31H,6,9-10H2,1-3H3. The van der Waals surface area contributed by atoms with Gasteiger partial charge < -0.3 is 24.3 Å². The van der Waals surface area contributed by atoms with Crippen molar-refractivity contribution in [2.75, 3.05) is 27.9 Å². The summed E-state index contributed by atoms with van der Waals surface area (Å²) < 4.78 is 101. The maximum atomic E-state index is 13.4. The second kappa shape index (κ2) is 9.80. The molecule has 0 bridgehead atoms. The number of nitrogens with zero attached hydrogens (tertiary/aromatic N) is 1. The van der Waals surface area contributed by atoms with Gasteiger partial charge in [0.1, 0.15) is 0 Å². The molecule has 1 saturated heterocycles. The third kappa shape index (κ3) is 4.98. The lowest BCUT2D eigenvalue weighted by Crippen LogP contribution is -2.47. The second-order valence-corrected chi connectivity index (χ2v) is 8.67. The summed E-state index contributed by atoms with van der Waals surface area (Å²) in [5, 5.41) is 2.94. The van der Waals surface area contributed by atoms with Crippen molar-refractivity contribution in [2.24, 2.45) is 5.92 Å². The van der Waals surface area contributed by atoms with Gasteiger partial charge in [-0.1, -0.05) is 0 Å². The number of carbonyl (C=O) groups excluding carboxylic acids is 2. The summed E-state index contributed by atoms with van der Waals surface area (Å²) in [6.45, 7) is -0.682. The first-order valence-corrected chi connectivity index (χ1v) is 11.1. The third-order valence-electron chi connectivity index (χ3n) is 6.43. The molecule has 1 fully saturated rings. The maximum absolute atomic E-state index is 13.4. The molecule has 8 nitrogen and oxygen atoms in total. The summed E-state index contributed by atoms with van der Waals surface area (Å²) >= 11 is 0. The Balaban J connectivity index is 1.84. The molecule has 206 valence electrons. The number of hydrogen-bond donors (Lipinski definition) is 1. The Bertz CT molecular complexity index is 1220. The number of hydrogen-bond acceptors (Lipinski definition) is 7. The lowest BCUT2D eigenvalue weighted by atomic mass is 9.79. The predicted molar refractivity (Wildman–Crippen MR) is 117 cm³/mol. The molecule has 1 N–H and O–H groups in total. The topological polar surface area (TPSA) is 86.3 Å². The van der Waals surface area contributed by atoms with E-state index in [0.29, 0.717) is 17.7 Å². The van der Waals surface area contributed by atoms with Crippen LogP contribution in [0.5, 0.6) is 0 Å². The molecule has 0 saturated carbocycles. The molecule has 4 rings (SSSR count). The molecule has 38 heavy (non-hydrogen) atoms. The number of esters is 1. The molecule has 2 unspecified atom stereocenters. The lowest BCUT2D eigenvalue weighted by molar-refractivity contribution is -0.143. The molecule has 2 heterocycles. The van der Waals surface area contributed by atoms with Gasteiger partial charge in [-0.15, -0.1) is 0 Å². The fraction of sp³-hybridized carbons (Fsp3) is 0.417. The molecular formula is C24H22F6N2O6. The van der Waals surface area contributed by atoms with Crippen LogP contribution in [-0.2, 0) is 42.6 Å². The first kappa shape index (κ1) is 27.2. The largest absolute Gasteiger partial charge is 0.491 e. The van der Waals surface area contributed by atoms with E-state index in [0.717, 1.165) is 12.0 Å². The van der Waals surface area contributed by atoms with Gasteiger partial charge in [-0.25, -0.2) is 9.59 Å². The van der Waals surface area contributed by atoms with Crippen LogP contribution in [0.4, 0.5) is 31.1 Å². The number of benzene rings is 1. The summed E-state index contributed by atoms with van der Waals surface area (Å²) in [5.74, 6) is -0.788. The Morgan fingerprint density at radius 2 is 1.68 bits per heavy atom. The molecule has 2 atom stereocenters. The highest BCUT2D eigenvalue weighted by Gasteiger charge is 2.46. The minimum absolute atomic E-state index is 0.0106. The zero-order chi connectivity index (χ0) is 28.0. The number of nitrogens with one attached hydrogen (secondary N) is 1. The van der Waals surface area contributed by atoms with Crippen LogP contribution in [0.3, 0.4) is 0 Å². The van der Waals surface area contributed by atoms with Crippen LogP contribution >= 0.6 is 0 Å². The summed E-state index contributed by atoms with van der Waals surface area (Å²) in [6.07, 6.45) is -9.57. The van der Waals surface area contributed by atoms with Gasteiger partial charge >= 0.3 is 24.4 Å². The van der Waals surface area contributed by atoms with Gasteiger partial charge in [0.15, 0.2) is 5.76 Å². The quantitative estimate of drug-likeness (QED) is 0.429. The molecule has 1 aromatic rings. The van der Waals surface area contributed by atoms with Gasteiger partial charge in [0.25, 0.3) is 0 Å². The molecule has 1 aliphatic carbocycles. The third-order valence-corrected chi connectivity index (χ3v) is 6.43. The first-order chi connectivity index (χ1) is 17.8. The Morgan fingerprint density at radius 3 is 2.21 bits per heavy atom. The summed E-state index contributed by atoms with van der Waals surface area (Å²) in [7, 11) is 3.73. The van der Waals surface area contributed by atoms with Crippen LogP contribution in [0, 0.1) is 5.92 Å². The van der Waals surface area contributed by atoms with Crippen LogP contribution < -0.4 is 5.32 Å². The van der Waals surface area contributed by atoms with E-state index >= 15 is 0 Å². The number of methoxy groups -OCH3 is 3. The van der Waals surface area contributed by atoms with E-state index < -0.39 is 59.6 Å². The Kier molecular flexibility index (Phi) is 7.01. The zero-order valence-corrected chi connectivity index (χ0v) is 20.2. The zero-order valence-electron chi connectivity index (χ0n) is 20.2. The van der Waals surface area contributed by atoms with Crippen LogP contribution in [-0.4, -0.2) is 50.9 Å². The maximum Gasteiger partial charge on any atom is 0.416 e. The van der Waals surface area contributed by atoms with Crippen LogP contribution in [0.2, 0.25) is 0 Å². The van der Waals surface area contributed by atoms with Crippen LogP contribution in [0.15, 0.2) is 52.8 Å². The van der Waals surface area contributed by atoms with Gasteiger partial charge in [0.05, 0.1) is 56.4 Å². The average Bonchev–Trinajstić information content (AvgIpc) is 3.24. The number of halogens is 6. The van der Waals surface area contributed by atoms with Gasteiger partial charge in [-0.3, -0.25) is 4.90 Å². The smallest absolute Gasteiger partial charge is 0.416 e. The van der Waals surface area contributed by atoms with E-state index in [2.05, 4.69) is 5.32 Å². The van der Waals surface area contributed by atoms with Crippen molar-refractivity contribution >= 4 is 12.1 Å². The number of fused-ring (bicyclic) bond motifs is 2. The number of dihydropyridines is 1. The molecule has 3 aliphatic rings. The summed E-state index contributed by atoms with van der Waals surface area (Å²) in [5.41, 5.74) is -2.60. The Hall–Kier alpha value is -3.84. The minimum Gasteiger partial charge on any atom is -0.491 e. The SMILES string of the molecule is COC(=O)N(Cc1cc(C(F)(F)F)cc(C(F)(F)F)c1)C1CC2COC(=O)C2=C2NC(OC)=C(OC)C=C21. The van der Waals surface area contributed by atoms with Crippen molar-refractivity contribution in [3.63, 3.8) is 0 Å². The molecule has 0 radical (unpaired) electrons. The van der Waals surface area contributed by atoms with E-state index in [1.165, 1.54) is 20.3 Å². The van der Waals surface area contributed by atoms with Crippen LogP contribution in [0.1, 0.15) is 23.1 Å². The predicted octanol–water partition coefficient (Wildman–Crippen LogP) is 4.48. The molecule has 14 heteroatoms. The highest BCUT2D eigenvalue weighted by atomic mass is 19.4. The number of cyclic esters (lactones) is 1. The highest BCUT2D eigenvalue weighted by Crippen LogP contribution is 2.43. The highest BCUT2D eigenvalue weighted by molar-refractivity contribution is 5.93. The molecule has 1 amide bonds. The monoisotopic (exact) mass is 548 g/mol. The van der Waals surface area contributed by atoms with Crippen LogP contribution in [0.25, 0.3) is 0 Å². The van der Waals surface area contributed by atoms with Gasteiger partial charge in [-0.05, 0) is 36.3 Å². The van der Waals surface area contributed by atoms with E-state index in [-0.39, 0.29) is 42.0 Å². The number of allylic oxidation sites excluding steroid dienone is 1. The van der Waals surface area contributed by atoms with Crippen molar-refractivity contribution in [3.8, 4) is 0 Å². The Labute approximate surface area is 212 Å². The van der Waals surface area contributed by atoms with Crippen molar-refractivity contribution in [1.29, 1.82) is 0 Å². The summed E-state index contributed by atoms with van der Waals surface area (Å²) in [6, 6.07) is 0.169. The molecular weight excluding hydrogens is 526 g/mol. The summed E-state index contributed by atoms with van der Waals surface area (Å²) in [4.78, 5) is 26.4. The fourth-order valence-corrected chi connectivity index (χ4v) is 4.73. The first-order valence-electron chi connectivity index (χ1n) is 11.1. The molecule has 1 aromatic carbocycles. The van der Waals surface area contributed by atoms with E-state index in [1.54, 1.807) is 0 Å². The second-order valence-electron chi connectivity index (χ2n) is 8.67.